The highest BCUT2D eigenvalue weighted by Crippen LogP contribution is 2.46. The standard InChI is InChI=1S/C16H17N3O2/c20-19(21)15-3-1-2-12-13(6-7-17-16(12)15)18-14-9-10-4-5-11(14)8-10/h1-3,6-7,10-11,14H,4-5,8-9H2,(H,17,18). The first kappa shape index (κ1) is 12.6. The molecule has 1 aromatic carbocycles. The topological polar surface area (TPSA) is 68.1 Å². The number of rotatable bonds is 3. The van der Waals surface area contributed by atoms with Crippen molar-refractivity contribution < 1.29 is 4.92 Å². The van der Waals surface area contributed by atoms with E-state index in [0.29, 0.717) is 11.6 Å². The SMILES string of the molecule is O=[N+]([O-])c1cccc2c(NC3CC4CCC3C4)ccnc12. The van der Waals surface area contributed by atoms with E-state index in [4.69, 9.17) is 0 Å². The molecule has 0 amide bonds. The molecule has 2 fully saturated rings. The predicted octanol–water partition coefficient (Wildman–Crippen LogP) is 3.74. The Hall–Kier alpha value is -2.17. The monoisotopic (exact) mass is 283 g/mol. The van der Waals surface area contributed by atoms with E-state index in [0.717, 1.165) is 22.9 Å². The molecule has 5 nitrogen and oxygen atoms in total. The molecule has 1 N–H and O–H groups in total. The number of para-hydroxylation sites is 1. The molecule has 0 radical (unpaired) electrons. The molecule has 1 heterocycles. The second-order valence-electron chi connectivity index (χ2n) is 6.21. The number of anilines is 1. The normalized spacial score (nSPS) is 27.1. The van der Waals surface area contributed by atoms with E-state index in [1.54, 1.807) is 12.3 Å². The fourth-order valence-electron chi connectivity index (χ4n) is 4.05. The van der Waals surface area contributed by atoms with Gasteiger partial charge in [0.05, 0.1) is 4.92 Å². The summed E-state index contributed by atoms with van der Waals surface area (Å²) in [6.07, 6.45) is 6.89. The highest BCUT2D eigenvalue weighted by molar-refractivity contribution is 5.96. The van der Waals surface area contributed by atoms with Crippen molar-refractivity contribution in [3.05, 3.63) is 40.6 Å². The molecule has 5 heteroatoms. The summed E-state index contributed by atoms with van der Waals surface area (Å²) in [5.41, 5.74) is 1.51. The lowest BCUT2D eigenvalue weighted by Crippen LogP contribution is -2.25. The fraction of sp³-hybridized carbons (Fsp3) is 0.438. The number of fused-ring (bicyclic) bond motifs is 3. The van der Waals surface area contributed by atoms with Crippen LogP contribution in [0.25, 0.3) is 10.9 Å². The second-order valence-corrected chi connectivity index (χ2v) is 6.21. The third-order valence-electron chi connectivity index (χ3n) is 5.03. The van der Waals surface area contributed by atoms with Gasteiger partial charge in [0.25, 0.3) is 5.69 Å². The summed E-state index contributed by atoms with van der Waals surface area (Å²) in [4.78, 5) is 15.0. The van der Waals surface area contributed by atoms with E-state index in [1.165, 1.54) is 31.7 Å². The van der Waals surface area contributed by atoms with Gasteiger partial charge in [-0.3, -0.25) is 10.1 Å². The Bertz CT molecular complexity index is 716. The summed E-state index contributed by atoms with van der Waals surface area (Å²) in [7, 11) is 0. The molecule has 2 saturated carbocycles. The Balaban J connectivity index is 1.72. The van der Waals surface area contributed by atoms with Gasteiger partial charge < -0.3 is 5.32 Å². The van der Waals surface area contributed by atoms with Gasteiger partial charge in [0.15, 0.2) is 0 Å². The minimum Gasteiger partial charge on any atom is -0.381 e. The molecule has 0 aliphatic heterocycles. The maximum absolute atomic E-state index is 11.1. The number of hydrogen-bond donors (Lipinski definition) is 1. The van der Waals surface area contributed by atoms with Gasteiger partial charge in [0.2, 0.25) is 0 Å². The van der Waals surface area contributed by atoms with Crippen LogP contribution in [-0.4, -0.2) is 15.9 Å². The molecule has 0 spiro atoms. The highest BCUT2D eigenvalue weighted by Gasteiger charge is 2.39. The van der Waals surface area contributed by atoms with Gasteiger partial charge in [-0.2, -0.15) is 0 Å². The van der Waals surface area contributed by atoms with Crippen molar-refractivity contribution in [2.75, 3.05) is 5.32 Å². The molecule has 4 rings (SSSR count). The number of hydrogen-bond acceptors (Lipinski definition) is 4. The average Bonchev–Trinajstić information content (AvgIpc) is 3.09. The fourth-order valence-corrected chi connectivity index (χ4v) is 4.05. The Morgan fingerprint density at radius 3 is 2.86 bits per heavy atom. The summed E-state index contributed by atoms with van der Waals surface area (Å²) in [6, 6.07) is 7.59. The molecule has 21 heavy (non-hydrogen) atoms. The molecular formula is C16H17N3O2. The maximum Gasteiger partial charge on any atom is 0.295 e. The van der Waals surface area contributed by atoms with Gasteiger partial charge in [-0.15, -0.1) is 0 Å². The van der Waals surface area contributed by atoms with Crippen LogP contribution in [0.5, 0.6) is 0 Å². The van der Waals surface area contributed by atoms with Crippen LogP contribution >= 0.6 is 0 Å². The summed E-state index contributed by atoms with van der Waals surface area (Å²) in [6.45, 7) is 0. The number of benzene rings is 1. The van der Waals surface area contributed by atoms with Crippen LogP contribution in [0, 0.1) is 22.0 Å². The maximum atomic E-state index is 11.1. The first-order valence-corrected chi connectivity index (χ1v) is 7.51. The van der Waals surface area contributed by atoms with E-state index in [-0.39, 0.29) is 10.6 Å². The number of pyridine rings is 1. The zero-order valence-electron chi connectivity index (χ0n) is 11.7. The molecular weight excluding hydrogens is 266 g/mol. The average molecular weight is 283 g/mol. The zero-order valence-corrected chi connectivity index (χ0v) is 11.7. The first-order chi connectivity index (χ1) is 10.2. The molecule has 3 unspecified atom stereocenters. The number of nitrogens with zero attached hydrogens (tertiary/aromatic N) is 2. The number of nitro groups is 1. The number of nitrogens with one attached hydrogen (secondary N) is 1. The summed E-state index contributed by atoms with van der Waals surface area (Å²) >= 11 is 0. The van der Waals surface area contributed by atoms with Crippen molar-refractivity contribution in [2.45, 2.75) is 31.7 Å². The van der Waals surface area contributed by atoms with Crippen molar-refractivity contribution >= 4 is 22.3 Å². The van der Waals surface area contributed by atoms with Crippen LogP contribution in [0.4, 0.5) is 11.4 Å². The third-order valence-corrected chi connectivity index (χ3v) is 5.03. The number of non-ortho nitro benzene ring substituents is 1. The molecule has 2 aliphatic rings. The predicted molar refractivity (Wildman–Crippen MR) is 81.3 cm³/mol. The quantitative estimate of drug-likeness (QED) is 0.688. The van der Waals surface area contributed by atoms with Gasteiger partial charge >= 0.3 is 0 Å². The van der Waals surface area contributed by atoms with Crippen LogP contribution in [0.1, 0.15) is 25.7 Å². The highest BCUT2D eigenvalue weighted by atomic mass is 16.6. The van der Waals surface area contributed by atoms with Gasteiger partial charge in [0.1, 0.15) is 5.52 Å². The molecule has 2 aromatic rings. The van der Waals surface area contributed by atoms with E-state index in [2.05, 4.69) is 10.3 Å². The van der Waals surface area contributed by atoms with E-state index >= 15 is 0 Å². The van der Waals surface area contributed by atoms with Crippen LogP contribution in [0.2, 0.25) is 0 Å². The lowest BCUT2D eigenvalue weighted by atomic mass is 9.95. The molecule has 108 valence electrons. The van der Waals surface area contributed by atoms with Crippen LogP contribution in [-0.2, 0) is 0 Å². The Morgan fingerprint density at radius 2 is 2.14 bits per heavy atom. The van der Waals surface area contributed by atoms with Crippen LogP contribution in [0.3, 0.4) is 0 Å². The van der Waals surface area contributed by atoms with Crippen molar-refractivity contribution in [3.63, 3.8) is 0 Å². The molecule has 2 aliphatic carbocycles. The molecule has 0 saturated heterocycles. The Labute approximate surface area is 122 Å². The Morgan fingerprint density at radius 1 is 1.24 bits per heavy atom. The number of aromatic nitrogens is 1. The van der Waals surface area contributed by atoms with Gasteiger partial charge in [-0.05, 0) is 37.2 Å². The second kappa shape index (κ2) is 4.69. The minimum absolute atomic E-state index is 0.0732. The number of nitro benzene ring substituents is 1. The zero-order chi connectivity index (χ0) is 14.4. The van der Waals surface area contributed by atoms with E-state index < -0.39 is 0 Å². The van der Waals surface area contributed by atoms with E-state index in [9.17, 15) is 10.1 Å². The lowest BCUT2D eigenvalue weighted by Gasteiger charge is -2.24. The molecule has 1 aromatic heterocycles. The molecule has 3 atom stereocenters. The van der Waals surface area contributed by atoms with Crippen molar-refractivity contribution in [1.29, 1.82) is 0 Å². The van der Waals surface area contributed by atoms with Gasteiger partial charge in [-0.25, -0.2) is 4.98 Å². The summed E-state index contributed by atoms with van der Waals surface area (Å²) in [5.74, 6) is 1.63. The van der Waals surface area contributed by atoms with Gasteiger partial charge in [-0.1, -0.05) is 18.6 Å². The van der Waals surface area contributed by atoms with Crippen LogP contribution < -0.4 is 5.32 Å². The summed E-state index contributed by atoms with van der Waals surface area (Å²) in [5, 5.41) is 15.6. The first-order valence-electron chi connectivity index (χ1n) is 7.51. The van der Waals surface area contributed by atoms with Crippen molar-refractivity contribution in [1.82, 2.24) is 4.98 Å². The van der Waals surface area contributed by atoms with E-state index in [1.807, 2.05) is 12.1 Å². The van der Waals surface area contributed by atoms with Crippen LogP contribution in [0.15, 0.2) is 30.5 Å². The van der Waals surface area contributed by atoms with Gasteiger partial charge in [0, 0.05) is 29.4 Å². The molecule has 2 bridgehead atoms. The lowest BCUT2D eigenvalue weighted by molar-refractivity contribution is -0.383. The third kappa shape index (κ3) is 2.04. The smallest absolute Gasteiger partial charge is 0.295 e. The largest absolute Gasteiger partial charge is 0.381 e. The van der Waals surface area contributed by atoms with Crippen molar-refractivity contribution in [2.24, 2.45) is 11.8 Å². The summed E-state index contributed by atoms with van der Waals surface area (Å²) < 4.78 is 0. The Kier molecular flexibility index (Phi) is 2.80. The van der Waals surface area contributed by atoms with Crippen molar-refractivity contribution in [3.8, 4) is 0 Å². The minimum atomic E-state index is -0.364.